The summed E-state index contributed by atoms with van der Waals surface area (Å²) in [4.78, 5) is 10.8. The second-order valence-corrected chi connectivity index (χ2v) is 5.92. The molecule has 0 radical (unpaired) electrons. The van der Waals surface area contributed by atoms with Crippen molar-refractivity contribution in [2.45, 2.75) is 91.4 Å². The minimum absolute atomic E-state index is 0.331. The van der Waals surface area contributed by atoms with Crippen LogP contribution in [-0.4, -0.2) is 5.78 Å². The summed E-state index contributed by atoms with van der Waals surface area (Å²) in [5.41, 5.74) is 0. The Balaban J connectivity index is 3.15. The maximum absolute atomic E-state index is 10.8. The molecule has 1 atom stereocenters. The third-order valence-electron chi connectivity index (χ3n) is 3.83. The van der Waals surface area contributed by atoms with E-state index in [1.165, 1.54) is 57.8 Å². The van der Waals surface area contributed by atoms with Crippen molar-refractivity contribution in [1.82, 2.24) is 0 Å². The molecule has 112 valence electrons. The molecule has 0 unspecified atom stereocenters. The summed E-state index contributed by atoms with van der Waals surface area (Å²) in [6.45, 7) is 6.31. The molecule has 0 aromatic carbocycles. The van der Waals surface area contributed by atoms with E-state index < -0.39 is 0 Å². The Kier molecular flexibility index (Phi) is 13.4. The van der Waals surface area contributed by atoms with Crippen LogP contribution in [0.2, 0.25) is 0 Å². The monoisotopic (exact) mass is 266 g/mol. The molecule has 1 heteroatoms. The molecule has 0 spiro atoms. The van der Waals surface area contributed by atoms with Gasteiger partial charge < -0.3 is 4.79 Å². The Morgan fingerprint density at radius 1 is 0.947 bits per heavy atom. The molecule has 0 aliphatic rings. The van der Waals surface area contributed by atoms with Crippen molar-refractivity contribution in [3.8, 4) is 0 Å². The highest BCUT2D eigenvalue weighted by atomic mass is 16.1. The minimum Gasteiger partial charge on any atom is -0.300 e. The molecule has 0 saturated heterocycles. The summed E-state index contributed by atoms with van der Waals surface area (Å²) in [6, 6.07) is 0. The highest BCUT2D eigenvalue weighted by Gasteiger charge is 1.96. The predicted octanol–water partition coefficient (Wildman–Crippen LogP) is 6.08. The summed E-state index contributed by atoms with van der Waals surface area (Å²) >= 11 is 0. The van der Waals surface area contributed by atoms with Gasteiger partial charge in [0.05, 0.1) is 0 Å². The number of allylic oxidation sites excluding steroid dienone is 2. The van der Waals surface area contributed by atoms with E-state index in [9.17, 15) is 4.79 Å². The lowest BCUT2D eigenvalue weighted by molar-refractivity contribution is -0.117. The average Bonchev–Trinajstić information content (AvgIpc) is 2.39. The van der Waals surface area contributed by atoms with Crippen molar-refractivity contribution in [2.24, 2.45) is 5.92 Å². The van der Waals surface area contributed by atoms with Gasteiger partial charge in [0, 0.05) is 6.42 Å². The van der Waals surface area contributed by atoms with E-state index >= 15 is 0 Å². The van der Waals surface area contributed by atoms with Gasteiger partial charge in [0.1, 0.15) is 5.78 Å². The van der Waals surface area contributed by atoms with Crippen LogP contribution in [0.25, 0.3) is 0 Å². The molecule has 0 bridgehead atoms. The van der Waals surface area contributed by atoms with Gasteiger partial charge in [0.15, 0.2) is 0 Å². The van der Waals surface area contributed by atoms with Crippen LogP contribution < -0.4 is 0 Å². The molecule has 0 rings (SSSR count). The molecule has 0 aromatic heterocycles. The standard InChI is InChI=1S/C18H34O/c1-4-17(2)15-13-11-9-7-5-6-8-10-12-14-16-18(3)19/h5,7,17H,4,6,8-16H2,1-3H3/b7-5-/t17-/m0/s1. The van der Waals surface area contributed by atoms with Gasteiger partial charge in [-0.05, 0) is 44.9 Å². The summed E-state index contributed by atoms with van der Waals surface area (Å²) < 4.78 is 0. The average molecular weight is 266 g/mol. The molecule has 0 amide bonds. The first-order valence-electron chi connectivity index (χ1n) is 8.31. The van der Waals surface area contributed by atoms with Crippen LogP contribution in [0.15, 0.2) is 12.2 Å². The number of carbonyl (C=O) groups is 1. The van der Waals surface area contributed by atoms with Crippen molar-refractivity contribution in [3.05, 3.63) is 12.2 Å². The summed E-state index contributed by atoms with van der Waals surface area (Å²) in [6.07, 6.45) is 18.2. The Labute approximate surface area is 120 Å². The van der Waals surface area contributed by atoms with E-state index in [0.717, 1.165) is 18.8 Å². The molecule has 0 aromatic rings. The first kappa shape index (κ1) is 18.4. The quantitative estimate of drug-likeness (QED) is 0.292. The van der Waals surface area contributed by atoms with Gasteiger partial charge in [-0.2, -0.15) is 0 Å². The van der Waals surface area contributed by atoms with Crippen LogP contribution in [0.3, 0.4) is 0 Å². The summed E-state index contributed by atoms with van der Waals surface area (Å²) in [5, 5.41) is 0. The Hall–Kier alpha value is -0.590. The van der Waals surface area contributed by atoms with Crippen LogP contribution in [0.4, 0.5) is 0 Å². The van der Waals surface area contributed by atoms with Crippen LogP contribution in [-0.2, 0) is 4.79 Å². The van der Waals surface area contributed by atoms with E-state index in [1.807, 2.05) is 0 Å². The van der Waals surface area contributed by atoms with E-state index in [4.69, 9.17) is 0 Å². The lowest BCUT2D eigenvalue weighted by atomic mass is 10.0. The van der Waals surface area contributed by atoms with Gasteiger partial charge in [-0.15, -0.1) is 0 Å². The molecular weight excluding hydrogens is 232 g/mol. The number of Topliss-reactive ketones (excluding diaryl/α,β-unsaturated/α-hetero) is 1. The van der Waals surface area contributed by atoms with Crippen molar-refractivity contribution >= 4 is 5.78 Å². The minimum atomic E-state index is 0.331. The smallest absolute Gasteiger partial charge is 0.129 e. The van der Waals surface area contributed by atoms with E-state index in [-0.39, 0.29) is 0 Å². The number of rotatable bonds is 13. The molecule has 1 nitrogen and oxygen atoms in total. The molecule has 0 fully saturated rings. The Bertz CT molecular complexity index is 230. The molecule has 0 saturated carbocycles. The fourth-order valence-corrected chi connectivity index (χ4v) is 2.18. The van der Waals surface area contributed by atoms with Crippen LogP contribution in [0.5, 0.6) is 0 Å². The van der Waals surface area contributed by atoms with Crippen molar-refractivity contribution < 1.29 is 4.79 Å². The number of unbranched alkanes of at least 4 members (excludes halogenated alkanes) is 6. The van der Waals surface area contributed by atoms with Gasteiger partial charge in [-0.25, -0.2) is 0 Å². The number of hydrogen-bond donors (Lipinski definition) is 0. The first-order chi connectivity index (χ1) is 9.16. The van der Waals surface area contributed by atoms with Gasteiger partial charge in [-0.1, -0.05) is 58.1 Å². The van der Waals surface area contributed by atoms with Gasteiger partial charge in [0.2, 0.25) is 0 Å². The molecule has 0 aliphatic heterocycles. The van der Waals surface area contributed by atoms with Gasteiger partial charge in [-0.3, -0.25) is 0 Å². The third-order valence-corrected chi connectivity index (χ3v) is 3.83. The molecular formula is C18H34O. The fourth-order valence-electron chi connectivity index (χ4n) is 2.18. The van der Waals surface area contributed by atoms with E-state index in [2.05, 4.69) is 26.0 Å². The predicted molar refractivity (Wildman–Crippen MR) is 85.4 cm³/mol. The second kappa shape index (κ2) is 13.8. The van der Waals surface area contributed by atoms with Gasteiger partial charge >= 0.3 is 0 Å². The van der Waals surface area contributed by atoms with Gasteiger partial charge in [0.25, 0.3) is 0 Å². The van der Waals surface area contributed by atoms with Crippen LogP contribution in [0, 0.1) is 5.92 Å². The van der Waals surface area contributed by atoms with Crippen molar-refractivity contribution in [2.75, 3.05) is 0 Å². The summed E-state index contributed by atoms with van der Waals surface area (Å²) in [5.74, 6) is 1.23. The molecule has 0 N–H and O–H groups in total. The van der Waals surface area contributed by atoms with Crippen LogP contribution in [0.1, 0.15) is 91.4 Å². The lowest BCUT2D eigenvalue weighted by Gasteiger charge is -2.06. The lowest BCUT2D eigenvalue weighted by Crippen LogP contribution is -1.90. The highest BCUT2D eigenvalue weighted by Crippen LogP contribution is 2.12. The molecule has 0 aliphatic carbocycles. The second-order valence-electron chi connectivity index (χ2n) is 5.92. The normalized spacial score (nSPS) is 13.0. The first-order valence-corrected chi connectivity index (χ1v) is 8.31. The SMILES string of the molecule is CC[C@H](C)CCCC/C=C\CCCCCCC(C)=O. The zero-order chi connectivity index (χ0) is 14.3. The third kappa shape index (κ3) is 15.4. The Morgan fingerprint density at radius 2 is 1.53 bits per heavy atom. The maximum atomic E-state index is 10.8. The molecule has 19 heavy (non-hydrogen) atoms. The number of hydrogen-bond acceptors (Lipinski definition) is 1. The fraction of sp³-hybridized carbons (Fsp3) is 0.833. The molecule has 0 heterocycles. The van der Waals surface area contributed by atoms with Crippen molar-refractivity contribution in [1.29, 1.82) is 0 Å². The van der Waals surface area contributed by atoms with Crippen molar-refractivity contribution in [3.63, 3.8) is 0 Å². The summed E-state index contributed by atoms with van der Waals surface area (Å²) in [7, 11) is 0. The largest absolute Gasteiger partial charge is 0.300 e. The maximum Gasteiger partial charge on any atom is 0.129 e. The number of carbonyl (C=O) groups excluding carboxylic acids is 1. The van der Waals surface area contributed by atoms with E-state index in [0.29, 0.717) is 5.78 Å². The highest BCUT2D eigenvalue weighted by molar-refractivity contribution is 5.75. The topological polar surface area (TPSA) is 17.1 Å². The van der Waals surface area contributed by atoms with Crippen LogP contribution >= 0.6 is 0 Å². The Morgan fingerprint density at radius 3 is 2.11 bits per heavy atom. The zero-order valence-electron chi connectivity index (χ0n) is 13.4. The number of ketones is 1. The van der Waals surface area contributed by atoms with E-state index in [1.54, 1.807) is 6.92 Å². The zero-order valence-corrected chi connectivity index (χ0v) is 13.4.